The van der Waals surface area contributed by atoms with Gasteiger partial charge in [0.25, 0.3) is 5.91 Å². The normalized spacial score (nSPS) is 18.4. The number of rotatable bonds is 3. The van der Waals surface area contributed by atoms with Crippen LogP contribution in [0.25, 0.3) is 0 Å². The minimum atomic E-state index is 0.0387. The third kappa shape index (κ3) is 2.93. The van der Waals surface area contributed by atoms with E-state index in [9.17, 15) is 4.79 Å². The lowest BCUT2D eigenvalue weighted by atomic mass is 9.93. The predicted molar refractivity (Wildman–Crippen MR) is 82.0 cm³/mol. The summed E-state index contributed by atoms with van der Waals surface area (Å²) in [7, 11) is 1.79. The zero-order valence-electron chi connectivity index (χ0n) is 12.6. The molecule has 2 N–H and O–H groups in total. The van der Waals surface area contributed by atoms with Crippen LogP contribution in [0.15, 0.2) is 24.7 Å². The van der Waals surface area contributed by atoms with Gasteiger partial charge in [-0.15, -0.1) is 0 Å². The van der Waals surface area contributed by atoms with Crippen LogP contribution >= 0.6 is 0 Å². The van der Waals surface area contributed by atoms with Crippen LogP contribution in [-0.4, -0.2) is 43.6 Å². The zero-order chi connectivity index (χ0) is 15.5. The second kappa shape index (κ2) is 6.13. The van der Waals surface area contributed by atoms with Gasteiger partial charge in [-0.3, -0.25) is 14.5 Å². The van der Waals surface area contributed by atoms with Gasteiger partial charge in [-0.05, 0) is 31.2 Å². The molecule has 2 aromatic heterocycles. The number of amides is 1. The van der Waals surface area contributed by atoms with Crippen LogP contribution < -0.4 is 5.73 Å². The van der Waals surface area contributed by atoms with E-state index in [-0.39, 0.29) is 5.91 Å². The second-order valence-corrected chi connectivity index (χ2v) is 5.69. The van der Waals surface area contributed by atoms with Gasteiger partial charge in [0, 0.05) is 38.7 Å². The number of aromatic nitrogens is 4. The molecule has 3 heterocycles. The van der Waals surface area contributed by atoms with Crippen LogP contribution in [0.1, 0.15) is 29.0 Å². The van der Waals surface area contributed by atoms with Gasteiger partial charge in [-0.1, -0.05) is 0 Å². The molecular weight excluding hydrogens is 280 g/mol. The summed E-state index contributed by atoms with van der Waals surface area (Å²) in [5, 5.41) is 4.07. The summed E-state index contributed by atoms with van der Waals surface area (Å²) < 4.78 is 1.62. The van der Waals surface area contributed by atoms with Gasteiger partial charge in [0.05, 0.1) is 5.69 Å². The highest BCUT2D eigenvalue weighted by atomic mass is 16.2. The summed E-state index contributed by atoms with van der Waals surface area (Å²) in [4.78, 5) is 22.8. The highest BCUT2D eigenvalue weighted by molar-refractivity contribution is 5.92. The summed E-state index contributed by atoms with van der Waals surface area (Å²) in [6, 6.07) is 1.76. The lowest BCUT2D eigenvalue weighted by Crippen LogP contribution is -2.41. The second-order valence-electron chi connectivity index (χ2n) is 5.69. The maximum atomic E-state index is 12.6. The maximum Gasteiger partial charge on any atom is 0.272 e. The first kappa shape index (κ1) is 14.5. The molecule has 116 valence electrons. The molecule has 0 bridgehead atoms. The van der Waals surface area contributed by atoms with Crippen molar-refractivity contribution >= 4 is 11.7 Å². The van der Waals surface area contributed by atoms with Crippen LogP contribution in [0, 0.1) is 5.92 Å². The summed E-state index contributed by atoms with van der Waals surface area (Å²) in [6.45, 7) is 1.51. The van der Waals surface area contributed by atoms with Crippen molar-refractivity contribution in [1.29, 1.82) is 0 Å². The molecule has 3 rings (SSSR count). The van der Waals surface area contributed by atoms with Crippen molar-refractivity contribution in [1.82, 2.24) is 24.6 Å². The zero-order valence-corrected chi connectivity index (χ0v) is 12.6. The first-order valence-corrected chi connectivity index (χ1v) is 7.48. The van der Waals surface area contributed by atoms with E-state index >= 15 is 0 Å². The number of piperidine rings is 1. The van der Waals surface area contributed by atoms with Gasteiger partial charge in [0.1, 0.15) is 11.5 Å². The average molecular weight is 300 g/mol. The third-order valence-corrected chi connectivity index (χ3v) is 4.13. The summed E-state index contributed by atoms with van der Waals surface area (Å²) in [5.74, 6) is 0.888. The number of anilines is 1. The molecule has 1 fully saturated rings. The SMILES string of the molecule is Cn1nccc1C(=O)N1CCCC(Cc2nccnc2N)C1. The molecule has 1 atom stereocenters. The van der Waals surface area contributed by atoms with Gasteiger partial charge in [-0.2, -0.15) is 5.10 Å². The van der Waals surface area contributed by atoms with E-state index in [1.54, 1.807) is 36.4 Å². The van der Waals surface area contributed by atoms with Crippen LogP contribution in [-0.2, 0) is 13.5 Å². The molecule has 1 unspecified atom stereocenters. The number of hydrogen-bond acceptors (Lipinski definition) is 5. The minimum Gasteiger partial charge on any atom is -0.382 e. The lowest BCUT2D eigenvalue weighted by Gasteiger charge is -2.32. The molecule has 0 radical (unpaired) electrons. The van der Waals surface area contributed by atoms with Crippen LogP contribution in [0.2, 0.25) is 0 Å². The fraction of sp³-hybridized carbons (Fsp3) is 0.467. The number of carbonyl (C=O) groups is 1. The van der Waals surface area contributed by atoms with Crippen molar-refractivity contribution in [2.45, 2.75) is 19.3 Å². The number of carbonyl (C=O) groups excluding carboxylic acids is 1. The Morgan fingerprint density at radius 1 is 1.36 bits per heavy atom. The van der Waals surface area contributed by atoms with E-state index < -0.39 is 0 Å². The van der Waals surface area contributed by atoms with Crippen molar-refractivity contribution in [2.75, 3.05) is 18.8 Å². The molecule has 0 saturated carbocycles. The first-order valence-electron chi connectivity index (χ1n) is 7.48. The van der Waals surface area contributed by atoms with Crippen molar-refractivity contribution in [3.05, 3.63) is 36.0 Å². The van der Waals surface area contributed by atoms with Crippen LogP contribution in [0.3, 0.4) is 0 Å². The highest BCUT2D eigenvalue weighted by Crippen LogP contribution is 2.22. The fourth-order valence-electron chi connectivity index (χ4n) is 2.97. The van der Waals surface area contributed by atoms with Gasteiger partial charge >= 0.3 is 0 Å². The number of nitrogen functional groups attached to an aromatic ring is 1. The Hall–Kier alpha value is -2.44. The quantitative estimate of drug-likeness (QED) is 0.909. The van der Waals surface area contributed by atoms with Crippen molar-refractivity contribution in [3.63, 3.8) is 0 Å². The average Bonchev–Trinajstić information content (AvgIpc) is 2.95. The molecule has 1 aliphatic rings. The Morgan fingerprint density at radius 2 is 2.18 bits per heavy atom. The monoisotopic (exact) mass is 300 g/mol. The molecule has 1 saturated heterocycles. The van der Waals surface area contributed by atoms with Crippen LogP contribution in [0.4, 0.5) is 5.82 Å². The summed E-state index contributed by atoms with van der Waals surface area (Å²) in [6.07, 6.45) is 7.73. The topological polar surface area (TPSA) is 89.9 Å². The van der Waals surface area contributed by atoms with E-state index in [0.29, 0.717) is 17.4 Å². The summed E-state index contributed by atoms with van der Waals surface area (Å²) >= 11 is 0. The molecule has 0 spiro atoms. The fourth-order valence-corrected chi connectivity index (χ4v) is 2.97. The molecule has 7 nitrogen and oxygen atoms in total. The Balaban J connectivity index is 1.68. The standard InChI is InChI=1S/C15H20N6O/c1-20-13(4-5-19-20)15(22)21-8-2-3-11(10-21)9-12-14(16)18-7-6-17-12/h4-7,11H,2-3,8-10H2,1H3,(H2,16,18). The van der Waals surface area contributed by atoms with E-state index in [4.69, 9.17) is 5.73 Å². The molecule has 2 aromatic rings. The predicted octanol–water partition coefficient (Wildman–Crippen LogP) is 0.887. The van der Waals surface area contributed by atoms with E-state index in [2.05, 4.69) is 15.1 Å². The molecule has 0 aromatic carbocycles. The highest BCUT2D eigenvalue weighted by Gasteiger charge is 2.26. The van der Waals surface area contributed by atoms with Gasteiger partial charge in [-0.25, -0.2) is 4.98 Å². The number of aryl methyl sites for hydroxylation is 1. The molecule has 1 amide bonds. The van der Waals surface area contributed by atoms with Crippen molar-refractivity contribution < 1.29 is 4.79 Å². The van der Waals surface area contributed by atoms with Gasteiger partial charge < -0.3 is 10.6 Å². The number of nitrogens with zero attached hydrogens (tertiary/aromatic N) is 5. The Kier molecular flexibility index (Phi) is 4.04. The number of likely N-dealkylation sites (tertiary alicyclic amines) is 1. The molecular formula is C15H20N6O. The van der Waals surface area contributed by atoms with Crippen molar-refractivity contribution in [3.8, 4) is 0 Å². The maximum absolute atomic E-state index is 12.6. The Morgan fingerprint density at radius 3 is 2.91 bits per heavy atom. The Labute approximate surface area is 129 Å². The first-order chi connectivity index (χ1) is 10.6. The molecule has 22 heavy (non-hydrogen) atoms. The van der Waals surface area contributed by atoms with Gasteiger partial charge in [0.2, 0.25) is 0 Å². The van der Waals surface area contributed by atoms with E-state index in [0.717, 1.165) is 38.0 Å². The van der Waals surface area contributed by atoms with E-state index in [1.807, 2.05) is 4.90 Å². The largest absolute Gasteiger partial charge is 0.382 e. The number of hydrogen-bond donors (Lipinski definition) is 1. The molecule has 7 heteroatoms. The minimum absolute atomic E-state index is 0.0387. The number of nitrogens with two attached hydrogens (primary N) is 1. The van der Waals surface area contributed by atoms with E-state index in [1.165, 1.54) is 0 Å². The summed E-state index contributed by atoms with van der Waals surface area (Å²) in [5.41, 5.74) is 7.31. The lowest BCUT2D eigenvalue weighted by molar-refractivity contribution is 0.0661. The molecule has 0 aliphatic carbocycles. The third-order valence-electron chi connectivity index (χ3n) is 4.13. The Bertz CT molecular complexity index is 668. The van der Waals surface area contributed by atoms with Gasteiger partial charge in [0.15, 0.2) is 0 Å². The van der Waals surface area contributed by atoms with Crippen LogP contribution in [0.5, 0.6) is 0 Å². The smallest absolute Gasteiger partial charge is 0.272 e. The van der Waals surface area contributed by atoms with Crippen molar-refractivity contribution in [2.24, 2.45) is 13.0 Å². The molecule has 1 aliphatic heterocycles.